The Balaban J connectivity index is 1.28. The Morgan fingerprint density at radius 1 is 0.853 bits per heavy atom. The fourth-order valence-corrected chi connectivity index (χ4v) is 4.80. The Kier molecular flexibility index (Phi) is 5.55. The van der Waals surface area contributed by atoms with E-state index in [0.717, 1.165) is 44.8 Å². The van der Waals surface area contributed by atoms with Gasteiger partial charge in [-0.05, 0) is 53.6 Å². The van der Waals surface area contributed by atoms with E-state index in [0.29, 0.717) is 6.61 Å². The number of benzene rings is 4. The van der Waals surface area contributed by atoms with Gasteiger partial charge < -0.3 is 9.47 Å². The average molecular weight is 511 g/mol. The summed E-state index contributed by atoms with van der Waals surface area (Å²) in [6, 6.07) is 35.1. The highest BCUT2D eigenvalue weighted by atomic mass is 79.9. The van der Waals surface area contributed by atoms with Crippen LogP contribution in [0.1, 0.15) is 40.9 Å². The van der Waals surface area contributed by atoms with Crippen LogP contribution in [-0.4, -0.2) is 10.7 Å². The van der Waals surface area contributed by atoms with Gasteiger partial charge in [0.1, 0.15) is 18.1 Å². The smallest absolute Gasteiger partial charge is 0.213 e. The minimum Gasteiger partial charge on any atom is -0.489 e. The van der Waals surface area contributed by atoms with E-state index in [1.165, 1.54) is 5.56 Å². The third-order valence-corrected chi connectivity index (χ3v) is 6.82. The minimum atomic E-state index is -0.295. The quantitative estimate of drug-likeness (QED) is 0.283. The highest BCUT2D eigenvalue weighted by molar-refractivity contribution is 9.10. The van der Waals surface area contributed by atoms with Gasteiger partial charge in [-0.2, -0.15) is 5.10 Å². The zero-order valence-electron chi connectivity index (χ0n) is 18.5. The number of ether oxygens (including phenoxy) is 2. The normalized spacial score (nSPS) is 18.5. The molecule has 0 amide bonds. The van der Waals surface area contributed by atoms with Crippen molar-refractivity contribution in [3.63, 3.8) is 0 Å². The molecular weight excluding hydrogens is 488 g/mol. The number of rotatable bonds is 5. The maximum atomic E-state index is 6.47. The Labute approximate surface area is 207 Å². The molecular formula is C29H23BrN2O2. The van der Waals surface area contributed by atoms with Crippen LogP contribution in [0, 0.1) is 0 Å². The first-order valence-electron chi connectivity index (χ1n) is 11.4. The summed E-state index contributed by atoms with van der Waals surface area (Å²) in [5.41, 5.74) is 5.59. The molecule has 4 aromatic rings. The molecule has 0 aliphatic carbocycles. The summed E-state index contributed by atoms with van der Waals surface area (Å²) < 4.78 is 13.5. The van der Waals surface area contributed by atoms with Crippen LogP contribution in [0.2, 0.25) is 0 Å². The van der Waals surface area contributed by atoms with Crippen molar-refractivity contribution in [2.24, 2.45) is 5.10 Å². The van der Waals surface area contributed by atoms with Gasteiger partial charge in [0.15, 0.2) is 0 Å². The fourth-order valence-electron chi connectivity index (χ4n) is 4.54. The molecule has 168 valence electrons. The molecule has 0 fully saturated rings. The van der Waals surface area contributed by atoms with Crippen LogP contribution in [0.4, 0.5) is 0 Å². The molecule has 2 aliphatic rings. The molecule has 2 atom stereocenters. The molecule has 0 saturated carbocycles. The van der Waals surface area contributed by atoms with Gasteiger partial charge in [0, 0.05) is 22.0 Å². The van der Waals surface area contributed by atoms with Gasteiger partial charge in [-0.25, -0.2) is 5.01 Å². The highest BCUT2D eigenvalue weighted by Crippen LogP contribution is 2.47. The van der Waals surface area contributed by atoms with Crippen molar-refractivity contribution in [1.82, 2.24) is 5.01 Å². The lowest BCUT2D eigenvalue weighted by Gasteiger charge is -2.38. The molecule has 6 rings (SSSR count). The van der Waals surface area contributed by atoms with Crippen LogP contribution in [0.3, 0.4) is 0 Å². The average Bonchev–Trinajstić information content (AvgIpc) is 3.34. The van der Waals surface area contributed by atoms with E-state index in [-0.39, 0.29) is 12.3 Å². The SMILES string of the molecule is Brc1ccc(C2=NN3[C@@H](c4ccc(OCc5ccccc5)cc4)Oc4ccccc4[C@@H]3C2)cc1. The zero-order chi connectivity index (χ0) is 22.9. The monoisotopic (exact) mass is 510 g/mol. The largest absolute Gasteiger partial charge is 0.489 e. The summed E-state index contributed by atoms with van der Waals surface area (Å²) in [6.45, 7) is 0.544. The lowest BCUT2D eigenvalue weighted by atomic mass is 9.96. The lowest BCUT2D eigenvalue weighted by Crippen LogP contribution is -2.33. The van der Waals surface area contributed by atoms with Crippen molar-refractivity contribution in [2.75, 3.05) is 0 Å². The number of nitrogens with zero attached hydrogens (tertiary/aromatic N) is 2. The van der Waals surface area contributed by atoms with Crippen molar-refractivity contribution < 1.29 is 9.47 Å². The Hall–Kier alpha value is -3.57. The van der Waals surface area contributed by atoms with Gasteiger partial charge in [0.2, 0.25) is 6.23 Å². The van der Waals surface area contributed by atoms with E-state index in [2.05, 4.69) is 87.7 Å². The van der Waals surface area contributed by atoms with Gasteiger partial charge in [0.25, 0.3) is 0 Å². The molecule has 0 radical (unpaired) electrons. The molecule has 0 unspecified atom stereocenters. The van der Waals surface area contributed by atoms with E-state index in [9.17, 15) is 0 Å². The van der Waals surface area contributed by atoms with Gasteiger partial charge in [-0.15, -0.1) is 0 Å². The summed E-state index contributed by atoms with van der Waals surface area (Å²) in [4.78, 5) is 0. The Morgan fingerprint density at radius 3 is 2.38 bits per heavy atom. The van der Waals surface area contributed by atoms with Gasteiger partial charge in [0.05, 0.1) is 11.8 Å². The first-order chi connectivity index (χ1) is 16.7. The van der Waals surface area contributed by atoms with Crippen LogP contribution < -0.4 is 9.47 Å². The van der Waals surface area contributed by atoms with Gasteiger partial charge in [-0.3, -0.25) is 0 Å². The topological polar surface area (TPSA) is 34.1 Å². The van der Waals surface area contributed by atoms with Crippen molar-refractivity contribution in [3.8, 4) is 11.5 Å². The summed E-state index contributed by atoms with van der Waals surface area (Å²) in [5, 5.41) is 7.15. The fraction of sp³-hybridized carbons (Fsp3) is 0.138. The number of fused-ring (bicyclic) bond motifs is 3. The van der Waals surface area contributed by atoms with Crippen LogP contribution in [0.15, 0.2) is 113 Å². The first kappa shape index (κ1) is 21.0. The summed E-state index contributed by atoms with van der Waals surface area (Å²) in [7, 11) is 0. The molecule has 0 saturated heterocycles. The van der Waals surface area contributed by atoms with Crippen LogP contribution in [0.5, 0.6) is 11.5 Å². The number of hydrazone groups is 1. The molecule has 0 aromatic heterocycles. The third kappa shape index (κ3) is 4.08. The molecule has 0 bridgehead atoms. The third-order valence-electron chi connectivity index (χ3n) is 6.29. The van der Waals surface area contributed by atoms with E-state index < -0.39 is 0 Å². The van der Waals surface area contributed by atoms with Crippen LogP contribution >= 0.6 is 15.9 Å². The Bertz CT molecular complexity index is 1320. The Morgan fingerprint density at radius 2 is 1.59 bits per heavy atom. The predicted molar refractivity (Wildman–Crippen MR) is 137 cm³/mol. The standard InChI is InChI=1S/C29H23BrN2O2/c30-23-14-10-21(11-15-23)26-18-27-25-8-4-5-9-28(25)34-29(32(27)31-26)22-12-16-24(17-13-22)33-19-20-6-2-1-3-7-20/h1-17,27,29H,18-19H2/t27-,29+/m0/s1. The molecule has 2 aliphatic heterocycles. The van der Waals surface area contributed by atoms with Gasteiger partial charge >= 0.3 is 0 Å². The van der Waals surface area contributed by atoms with E-state index >= 15 is 0 Å². The second-order valence-corrected chi connectivity index (χ2v) is 9.42. The second kappa shape index (κ2) is 8.99. The van der Waals surface area contributed by atoms with Crippen molar-refractivity contribution >= 4 is 21.6 Å². The number of para-hydroxylation sites is 1. The lowest BCUT2D eigenvalue weighted by molar-refractivity contribution is -0.0190. The van der Waals surface area contributed by atoms with Gasteiger partial charge in [-0.1, -0.05) is 76.6 Å². The molecule has 34 heavy (non-hydrogen) atoms. The summed E-state index contributed by atoms with van der Waals surface area (Å²) in [5.74, 6) is 1.76. The van der Waals surface area contributed by atoms with E-state index in [1.807, 2.05) is 36.4 Å². The van der Waals surface area contributed by atoms with E-state index in [4.69, 9.17) is 14.6 Å². The van der Waals surface area contributed by atoms with Crippen molar-refractivity contribution in [2.45, 2.75) is 25.3 Å². The van der Waals surface area contributed by atoms with Crippen LogP contribution in [0.25, 0.3) is 0 Å². The maximum absolute atomic E-state index is 6.47. The summed E-state index contributed by atoms with van der Waals surface area (Å²) in [6.07, 6.45) is 0.549. The number of hydrogen-bond acceptors (Lipinski definition) is 4. The molecule has 2 heterocycles. The number of hydrogen-bond donors (Lipinski definition) is 0. The first-order valence-corrected chi connectivity index (χ1v) is 12.2. The number of halogens is 1. The molecule has 4 nitrogen and oxygen atoms in total. The zero-order valence-corrected chi connectivity index (χ0v) is 20.1. The molecule has 5 heteroatoms. The molecule has 0 spiro atoms. The highest BCUT2D eigenvalue weighted by Gasteiger charge is 2.40. The molecule has 0 N–H and O–H groups in total. The maximum Gasteiger partial charge on any atom is 0.213 e. The second-order valence-electron chi connectivity index (χ2n) is 8.50. The predicted octanol–water partition coefficient (Wildman–Crippen LogP) is 7.27. The summed E-state index contributed by atoms with van der Waals surface area (Å²) >= 11 is 3.53. The van der Waals surface area contributed by atoms with Crippen molar-refractivity contribution in [1.29, 1.82) is 0 Å². The van der Waals surface area contributed by atoms with Crippen molar-refractivity contribution in [3.05, 3.63) is 130 Å². The minimum absolute atomic E-state index is 0.141. The van der Waals surface area contributed by atoms with Crippen LogP contribution in [-0.2, 0) is 6.61 Å². The molecule has 4 aromatic carbocycles. The van der Waals surface area contributed by atoms with E-state index in [1.54, 1.807) is 0 Å².